The van der Waals surface area contributed by atoms with Crippen molar-refractivity contribution in [1.82, 2.24) is 24.7 Å². The fraction of sp³-hybridized carbons (Fsp3) is 0.400. The second kappa shape index (κ2) is 5.61. The normalized spacial score (nSPS) is 19.8. The largest absolute Gasteiger partial charge is 0.306 e. The molecule has 0 spiro atoms. The van der Waals surface area contributed by atoms with Crippen molar-refractivity contribution in [2.24, 2.45) is 0 Å². The van der Waals surface area contributed by atoms with Gasteiger partial charge in [0.25, 0.3) is 0 Å². The van der Waals surface area contributed by atoms with E-state index in [0.29, 0.717) is 5.92 Å². The highest BCUT2D eigenvalue weighted by atomic mass is 35.5. The Balaban J connectivity index is 1.71. The third-order valence-corrected chi connectivity index (χ3v) is 5.30. The summed E-state index contributed by atoms with van der Waals surface area (Å²) >= 11 is 7.51. The summed E-state index contributed by atoms with van der Waals surface area (Å²) in [5.74, 6) is 1.40. The molecule has 1 unspecified atom stereocenters. The van der Waals surface area contributed by atoms with Crippen LogP contribution in [-0.2, 0) is 0 Å². The van der Waals surface area contributed by atoms with Crippen LogP contribution in [0, 0.1) is 0 Å². The molecule has 22 heavy (non-hydrogen) atoms. The second-order valence-electron chi connectivity index (χ2n) is 5.77. The van der Waals surface area contributed by atoms with Crippen molar-refractivity contribution in [3.8, 4) is 10.6 Å². The van der Waals surface area contributed by atoms with E-state index in [4.69, 9.17) is 16.7 Å². The Morgan fingerprint density at radius 1 is 1.23 bits per heavy atom. The Bertz CT molecular complexity index is 794. The van der Waals surface area contributed by atoms with Crippen LogP contribution in [0.15, 0.2) is 24.3 Å². The van der Waals surface area contributed by atoms with Gasteiger partial charge in [0, 0.05) is 23.0 Å². The molecule has 3 aromatic rings. The summed E-state index contributed by atoms with van der Waals surface area (Å²) in [6.45, 7) is 2.18. The Labute approximate surface area is 137 Å². The third-order valence-electron chi connectivity index (χ3n) is 4.10. The maximum atomic E-state index is 5.95. The van der Waals surface area contributed by atoms with Gasteiger partial charge in [0.15, 0.2) is 5.82 Å². The Hall–Kier alpha value is -1.50. The van der Waals surface area contributed by atoms with Crippen LogP contribution in [0.5, 0.6) is 0 Å². The van der Waals surface area contributed by atoms with Gasteiger partial charge in [-0.1, -0.05) is 35.1 Å². The second-order valence-corrected chi connectivity index (χ2v) is 7.16. The molecule has 0 bridgehead atoms. The van der Waals surface area contributed by atoms with Gasteiger partial charge < -0.3 is 4.90 Å². The average molecular weight is 334 g/mol. The van der Waals surface area contributed by atoms with E-state index in [2.05, 4.69) is 22.1 Å². The Kier molecular flexibility index (Phi) is 3.60. The molecule has 1 aromatic carbocycles. The molecule has 0 saturated carbocycles. The highest BCUT2D eigenvalue weighted by Crippen LogP contribution is 2.30. The fourth-order valence-corrected chi connectivity index (χ4v) is 3.95. The predicted molar refractivity (Wildman–Crippen MR) is 88.6 cm³/mol. The standard InChI is InChI=1S/C15H16ClN5S/c1-20-8-2-3-11(9-20)13-17-18-15-21(13)19-14(22-15)10-4-6-12(16)7-5-10/h4-7,11H,2-3,8-9H2,1H3. The van der Waals surface area contributed by atoms with Gasteiger partial charge in [-0.2, -0.15) is 9.61 Å². The first-order valence-electron chi connectivity index (χ1n) is 7.37. The van der Waals surface area contributed by atoms with E-state index in [9.17, 15) is 0 Å². The topological polar surface area (TPSA) is 46.3 Å². The monoisotopic (exact) mass is 333 g/mol. The van der Waals surface area contributed by atoms with E-state index in [1.165, 1.54) is 6.42 Å². The molecule has 0 radical (unpaired) electrons. The number of rotatable bonds is 2. The van der Waals surface area contributed by atoms with Gasteiger partial charge in [-0.05, 0) is 38.6 Å². The molecule has 1 aliphatic heterocycles. The molecule has 5 nitrogen and oxygen atoms in total. The van der Waals surface area contributed by atoms with Gasteiger partial charge in [-0.3, -0.25) is 0 Å². The van der Waals surface area contributed by atoms with Crippen LogP contribution in [0.2, 0.25) is 5.02 Å². The summed E-state index contributed by atoms with van der Waals surface area (Å²) in [5.41, 5.74) is 1.06. The van der Waals surface area contributed by atoms with Crippen LogP contribution >= 0.6 is 22.9 Å². The number of benzene rings is 1. The van der Waals surface area contributed by atoms with Crippen LogP contribution in [0.25, 0.3) is 15.5 Å². The molecule has 114 valence electrons. The van der Waals surface area contributed by atoms with Gasteiger partial charge in [0.05, 0.1) is 0 Å². The predicted octanol–water partition coefficient (Wildman–Crippen LogP) is 3.32. The number of likely N-dealkylation sites (N-methyl/N-ethyl adjacent to an activating group) is 1. The zero-order valence-corrected chi connectivity index (χ0v) is 13.8. The summed E-state index contributed by atoms with van der Waals surface area (Å²) in [5, 5.41) is 15.1. The molecule has 1 saturated heterocycles. The average Bonchev–Trinajstić information content (AvgIpc) is 3.08. The molecule has 7 heteroatoms. The maximum absolute atomic E-state index is 5.95. The quantitative estimate of drug-likeness (QED) is 0.721. The number of aromatic nitrogens is 4. The van der Waals surface area contributed by atoms with Crippen LogP contribution in [0.4, 0.5) is 0 Å². The minimum absolute atomic E-state index is 0.411. The number of halogens is 1. The number of piperidine rings is 1. The van der Waals surface area contributed by atoms with E-state index in [0.717, 1.165) is 45.9 Å². The minimum Gasteiger partial charge on any atom is -0.306 e. The SMILES string of the molecule is CN1CCCC(c2nnc3sc(-c4ccc(Cl)cc4)nn23)C1. The van der Waals surface area contributed by atoms with Crippen molar-refractivity contribution < 1.29 is 0 Å². The summed E-state index contributed by atoms with van der Waals surface area (Å²) in [7, 11) is 2.16. The summed E-state index contributed by atoms with van der Waals surface area (Å²) < 4.78 is 1.92. The van der Waals surface area contributed by atoms with E-state index in [-0.39, 0.29) is 0 Å². The molecule has 0 N–H and O–H groups in total. The minimum atomic E-state index is 0.411. The van der Waals surface area contributed by atoms with Crippen LogP contribution in [0.1, 0.15) is 24.6 Å². The molecule has 1 atom stereocenters. The Morgan fingerprint density at radius 2 is 2.05 bits per heavy atom. The van der Waals surface area contributed by atoms with Crippen molar-refractivity contribution >= 4 is 27.9 Å². The van der Waals surface area contributed by atoms with Crippen molar-refractivity contribution in [2.75, 3.05) is 20.1 Å². The third kappa shape index (κ3) is 2.51. The van der Waals surface area contributed by atoms with Crippen molar-refractivity contribution in [3.63, 3.8) is 0 Å². The first-order chi connectivity index (χ1) is 10.7. The first kappa shape index (κ1) is 14.1. The van der Waals surface area contributed by atoms with Gasteiger partial charge >= 0.3 is 0 Å². The van der Waals surface area contributed by atoms with Gasteiger partial charge in [-0.15, -0.1) is 10.2 Å². The molecule has 0 amide bonds. The van der Waals surface area contributed by atoms with E-state index in [1.54, 1.807) is 11.3 Å². The summed E-state index contributed by atoms with van der Waals surface area (Å²) in [6.07, 6.45) is 2.35. The lowest BCUT2D eigenvalue weighted by Gasteiger charge is -2.28. The van der Waals surface area contributed by atoms with Crippen molar-refractivity contribution in [1.29, 1.82) is 0 Å². The number of nitrogens with zero attached hydrogens (tertiary/aromatic N) is 5. The fourth-order valence-electron chi connectivity index (χ4n) is 2.97. The molecule has 4 rings (SSSR count). The summed E-state index contributed by atoms with van der Waals surface area (Å²) in [4.78, 5) is 3.20. The highest BCUT2D eigenvalue weighted by molar-refractivity contribution is 7.19. The first-order valence-corrected chi connectivity index (χ1v) is 8.57. The number of hydrogen-bond donors (Lipinski definition) is 0. The van der Waals surface area contributed by atoms with Gasteiger partial charge in [0.2, 0.25) is 4.96 Å². The van der Waals surface area contributed by atoms with E-state index < -0.39 is 0 Å². The molecule has 2 aromatic heterocycles. The van der Waals surface area contributed by atoms with Crippen LogP contribution in [0.3, 0.4) is 0 Å². The number of fused-ring (bicyclic) bond motifs is 1. The smallest absolute Gasteiger partial charge is 0.234 e. The number of hydrogen-bond acceptors (Lipinski definition) is 5. The lowest BCUT2D eigenvalue weighted by molar-refractivity contribution is 0.244. The van der Waals surface area contributed by atoms with Crippen LogP contribution in [-0.4, -0.2) is 44.8 Å². The zero-order chi connectivity index (χ0) is 15.1. The lowest BCUT2D eigenvalue weighted by Crippen LogP contribution is -2.31. The van der Waals surface area contributed by atoms with Gasteiger partial charge in [0.1, 0.15) is 5.01 Å². The molecule has 1 fully saturated rings. The summed E-state index contributed by atoms with van der Waals surface area (Å²) in [6, 6.07) is 7.75. The van der Waals surface area contributed by atoms with E-state index >= 15 is 0 Å². The van der Waals surface area contributed by atoms with Crippen molar-refractivity contribution in [2.45, 2.75) is 18.8 Å². The van der Waals surface area contributed by atoms with Gasteiger partial charge in [-0.25, -0.2) is 0 Å². The zero-order valence-electron chi connectivity index (χ0n) is 12.2. The lowest BCUT2D eigenvalue weighted by atomic mass is 9.98. The maximum Gasteiger partial charge on any atom is 0.234 e. The van der Waals surface area contributed by atoms with Crippen LogP contribution < -0.4 is 0 Å². The number of likely N-dealkylation sites (tertiary alicyclic amines) is 1. The Morgan fingerprint density at radius 3 is 2.82 bits per heavy atom. The molecular formula is C15H16ClN5S. The van der Waals surface area contributed by atoms with Crippen molar-refractivity contribution in [3.05, 3.63) is 35.1 Å². The molecule has 0 aliphatic carbocycles. The molecular weight excluding hydrogens is 318 g/mol. The van der Waals surface area contributed by atoms with E-state index in [1.807, 2.05) is 28.8 Å². The highest BCUT2D eigenvalue weighted by Gasteiger charge is 2.25. The molecule has 1 aliphatic rings. The molecule has 3 heterocycles.